The highest BCUT2D eigenvalue weighted by Crippen LogP contribution is 2.31. The molecule has 0 amide bonds. The zero-order valence-corrected chi connectivity index (χ0v) is 17.3. The van der Waals surface area contributed by atoms with Crippen molar-refractivity contribution in [3.05, 3.63) is 70.3 Å². The fraction of sp³-hybridized carbons (Fsp3) is 0.238. The van der Waals surface area contributed by atoms with Crippen molar-refractivity contribution in [1.29, 1.82) is 0 Å². The zero-order valence-electron chi connectivity index (χ0n) is 16.5. The number of nitrogens with zero attached hydrogens (tertiary/aromatic N) is 2. The molecule has 4 N–H and O–H groups in total. The zero-order chi connectivity index (χ0) is 22.2. The smallest absolute Gasteiger partial charge is 0.360 e. The number of H-pyrrole nitrogens is 1. The Kier molecular flexibility index (Phi) is 5.59. The summed E-state index contributed by atoms with van der Waals surface area (Å²) < 4.78 is 39.5. The molecule has 1 atom stereocenters. The Morgan fingerprint density at radius 1 is 1.23 bits per heavy atom. The van der Waals surface area contributed by atoms with Crippen LogP contribution < -0.4 is 16.7 Å². The van der Waals surface area contributed by atoms with Gasteiger partial charge in [-0.05, 0) is 41.8 Å². The first-order valence-corrected chi connectivity index (χ1v) is 10.3. The second-order valence-corrected chi connectivity index (χ2v) is 8.32. The number of alkyl halides is 3. The van der Waals surface area contributed by atoms with Crippen LogP contribution in [0.2, 0.25) is 0 Å². The quantitative estimate of drug-likeness (QED) is 0.417. The second-order valence-electron chi connectivity index (χ2n) is 7.29. The van der Waals surface area contributed by atoms with Gasteiger partial charge in [0.2, 0.25) is 0 Å². The molecule has 31 heavy (non-hydrogen) atoms. The highest BCUT2D eigenvalue weighted by atomic mass is 32.1. The Morgan fingerprint density at radius 3 is 2.68 bits per heavy atom. The first-order valence-electron chi connectivity index (χ1n) is 9.51. The van der Waals surface area contributed by atoms with Gasteiger partial charge in [-0.25, -0.2) is 9.78 Å². The molecular weight excluding hydrogens is 427 g/mol. The predicted octanol–water partition coefficient (Wildman–Crippen LogP) is 3.99. The van der Waals surface area contributed by atoms with Crippen molar-refractivity contribution in [3.8, 4) is 10.4 Å². The number of aromatic nitrogens is 3. The first kappa shape index (κ1) is 21.1. The average molecular weight is 447 g/mol. The molecule has 2 heterocycles. The number of benzene rings is 2. The highest BCUT2D eigenvalue weighted by Gasteiger charge is 2.29. The number of halogens is 3. The van der Waals surface area contributed by atoms with E-state index in [4.69, 9.17) is 5.73 Å². The number of thiazole rings is 1. The minimum atomic E-state index is -4.34. The molecule has 0 spiro atoms. The SMILES string of the molecule is Cn1c(=O)[nH]c2ccc(-c3cnc(NC[C@H](N)Cc4ccc(C(F)(F)F)cc4)s3)cc21. The minimum absolute atomic E-state index is 0.166. The molecule has 4 aromatic rings. The van der Waals surface area contributed by atoms with Crippen LogP contribution in [-0.4, -0.2) is 27.1 Å². The molecule has 10 heteroatoms. The third-order valence-electron chi connectivity index (χ3n) is 4.99. The van der Waals surface area contributed by atoms with Gasteiger partial charge in [-0.3, -0.25) is 4.57 Å². The number of hydrogen-bond donors (Lipinski definition) is 3. The average Bonchev–Trinajstić information content (AvgIpc) is 3.31. The van der Waals surface area contributed by atoms with Crippen molar-refractivity contribution in [2.45, 2.75) is 18.6 Å². The van der Waals surface area contributed by atoms with Crippen LogP contribution >= 0.6 is 11.3 Å². The molecule has 162 valence electrons. The number of imidazole rings is 1. The van der Waals surface area contributed by atoms with Crippen LogP contribution in [0.3, 0.4) is 0 Å². The first-order chi connectivity index (χ1) is 14.7. The molecule has 6 nitrogen and oxygen atoms in total. The van der Waals surface area contributed by atoms with E-state index in [1.54, 1.807) is 17.8 Å². The van der Waals surface area contributed by atoms with E-state index in [0.717, 1.165) is 39.2 Å². The van der Waals surface area contributed by atoms with Crippen LogP contribution in [0, 0.1) is 0 Å². The largest absolute Gasteiger partial charge is 0.416 e. The Labute approximate surface area is 179 Å². The number of nitrogens with one attached hydrogen (secondary N) is 2. The van der Waals surface area contributed by atoms with E-state index < -0.39 is 11.7 Å². The Balaban J connectivity index is 1.38. The van der Waals surface area contributed by atoms with Crippen LogP contribution in [-0.2, 0) is 19.6 Å². The summed E-state index contributed by atoms with van der Waals surface area (Å²) in [5, 5.41) is 3.88. The normalized spacial score (nSPS) is 12.9. The molecule has 0 saturated heterocycles. The van der Waals surface area contributed by atoms with Crippen LogP contribution in [0.4, 0.5) is 18.3 Å². The molecule has 0 saturated carbocycles. The number of nitrogens with two attached hydrogens (primary N) is 1. The standard InChI is InChI=1S/C21H20F3N5OS/c1-29-17-9-13(4-7-16(17)28-20(29)30)18-11-27-19(31-18)26-10-15(25)8-12-2-5-14(6-3-12)21(22,23)24/h2-7,9,11,15H,8,10,25H2,1H3,(H,26,27)(H,28,30)/t15-/m1/s1. The molecule has 2 aromatic heterocycles. The molecule has 0 unspecified atom stereocenters. The summed E-state index contributed by atoms with van der Waals surface area (Å²) in [7, 11) is 1.71. The van der Waals surface area contributed by atoms with Gasteiger partial charge in [0.05, 0.1) is 21.5 Å². The van der Waals surface area contributed by atoms with E-state index in [9.17, 15) is 18.0 Å². The summed E-state index contributed by atoms with van der Waals surface area (Å²) in [6, 6.07) is 10.5. The molecule has 0 fully saturated rings. The van der Waals surface area contributed by atoms with Crippen LogP contribution in [0.15, 0.2) is 53.5 Å². The maximum absolute atomic E-state index is 12.7. The fourth-order valence-electron chi connectivity index (χ4n) is 3.29. The lowest BCUT2D eigenvalue weighted by Crippen LogP contribution is -2.31. The summed E-state index contributed by atoms with van der Waals surface area (Å²) in [6.45, 7) is 0.430. The molecule has 0 aliphatic heterocycles. The molecule has 4 rings (SSSR count). The monoisotopic (exact) mass is 447 g/mol. The lowest BCUT2D eigenvalue weighted by molar-refractivity contribution is -0.137. The van der Waals surface area contributed by atoms with Gasteiger partial charge in [0.1, 0.15) is 0 Å². The van der Waals surface area contributed by atoms with Gasteiger partial charge in [0.15, 0.2) is 5.13 Å². The van der Waals surface area contributed by atoms with E-state index in [1.807, 2.05) is 18.2 Å². The third kappa shape index (κ3) is 4.64. The Morgan fingerprint density at radius 2 is 1.97 bits per heavy atom. The summed E-state index contributed by atoms with van der Waals surface area (Å²) in [5.74, 6) is 0. The molecular formula is C21H20F3N5OS. The number of aromatic amines is 1. The molecule has 2 aromatic carbocycles. The van der Waals surface area contributed by atoms with E-state index in [-0.39, 0.29) is 11.7 Å². The topological polar surface area (TPSA) is 88.7 Å². The van der Waals surface area contributed by atoms with Crippen LogP contribution in [0.5, 0.6) is 0 Å². The molecule has 0 aliphatic rings. The van der Waals surface area contributed by atoms with Gasteiger partial charge in [-0.2, -0.15) is 13.2 Å². The van der Waals surface area contributed by atoms with Crippen molar-refractivity contribution in [1.82, 2.24) is 14.5 Å². The van der Waals surface area contributed by atoms with Crippen molar-refractivity contribution in [2.75, 3.05) is 11.9 Å². The Hall–Kier alpha value is -3.11. The number of aryl methyl sites for hydroxylation is 1. The van der Waals surface area contributed by atoms with Crippen molar-refractivity contribution >= 4 is 27.5 Å². The van der Waals surface area contributed by atoms with E-state index >= 15 is 0 Å². The lowest BCUT2D eigenvalue weighted by atomic mass is 10.0. The summed E-state index contributed by atoms with van der Waals surface area (Å²) in [5.41, 5.74) is 8.57. The van der Waals surface area contributed by atoms with Crippen LogP contribution in [0.25, 0.3) is 21.5 Å². The fourth-order valence-corrected chi connectivity index (χ4v) is 4.11. The van der Waals surface area contributed by atoms with E-state index in [1.165, 1.54) is 23.5 Å². The molecule has 0 aliphatic carbocycles. The molecule has 0 bridgehead atoms. The molecule has 0 radical (unpaired) electrons. The third-order valence-corrected chi connectivity index (χ3v) is 5.99. The second kappa shape index (κ2) is 8.20. The summed E-state index contributed by atoms with van der Waals surface area (Å²) >= 11 is 1.46. The van der Waals surface area contributed by atoms with Gasteiger partial charge < -0.3 is 16.0 Å². The number of anilines is 1. The van der Waals surface area contributed by atoms with Gasteiger partial charge >= 0.3 is 11.9 Å². The van der Waals surface area contributed by atoms with E-state index in [0.29, 0.717) is 18.1 Å². The van der Waals surface area contributed by atoms with E-state index in [2.05, 4.69) is 15.3 Å². The minimum Gasteiger partial charge on any atom is -0.360 e. The van der Waals surface area contributed by atoms with Crippen molar-refractivity contribution < 1.29 is 13.2 Å². The van der Waals surface area contributed by atoms with Gasteiger partial charge in [-0.15, -0.1) is 0 Å². The van der Waals surface area contributed by atoms with Crippen LogP contribution in [0.1, 0.15) is 11.1 Å². The van der Waals surface area contributed by atoms with Crippen molar-refractivity contribution in [3.63, 3.8) is 0 Å². The summed E-state index contributed by atoms with van der Waals surface area (Å²) in [6.07, 6.45) is -2.15. The van der Waals surface area contributed by atoms with Gasteiger partial charge in [0.25, 0.3) is 0 Å². The predicted molar refractivity (Wildman–Crippen MR) is 116 cm³/mol. The highest BCUT2D eigenvalue weighted by molar-refractivity contribution is 7.18. The Bertz CT molecular complexity index is 1260. The number of hydrogen-bond acceptors (Lipinski definition) is 5. The summed E-state index contributed by atoms with van der Waals surface area (Å²) in [4.78, 5) is 19.9. The number of rotatable bonds is 6. The maximum atomic E-state index is 12.7. The maximum Gasteiger partial charge on any atom is 0.416 e. The lowest BCUT2D eigenvalue weighted by Gasteiger charge is -2.13. The number of fused-ring (bicyclic) bond motifs is 1. The van der Waals surface area contributed by atoms with Gasteiger partial charge in [0, 0.05) is 25.8 Å². The van der Waals surface area contributed by atoms with Gasteiger partial charge in [-0.1, -0.05) is 29.5 Å². The van der Waals surface area contributed by atoms with Crippen molar-refractivity contribution in [2.24, 2.45) is 12.8 Å².